The van der Waals surface area contributed by atoms with Crippen molar-refractivity contribution >= 4 is 22.8 Å². The highest BCUT2D eigenvalue weighted by Gasteiger charge is 2.48. The number of pyridine rings is 1. The number of nitrogens with one attached hydrogen (secondary N) is 1. The van der Waals surface area contributed by atoms with E-state index in [9.17, 15) is 13.9 Å². The summed E-state index contributed by atoms with van der Waals surface area (Å²) in [5, 5.41) is 14.4. The second-order valence-corrected chi connectivity index (χ2v) is 9.56. The summed E-state index contributed by atoms with van der Waals surface area (Å²) >= 11 is 6.42. The number of benzene rings is 1. The van der Waals surface area contributed by atoms with Crippen LogP contribution in [-0.4, -0.2) is 67.5 Å². The molecule has 2 saturated heterocycles. The number of fused-ring (bicyclic) bond motifs is 2. The summed E-state index contributed by atoms with van der Waals surface area (Å²) in [6.45, 7) is 3.06. The molecule has 4 aromatic rings. The molecule has 0 spiro atoms. The van der Waals surface area contributed by atoms with Crippen LogP contribution in [0.2, 0.25) is 5.02 Å². The van der Waals surface area contributed by atoms with Gasteiger partial charge in [-0.1, -0.05) is 11.6 Å². The Morgan fingerprint density at radius 3 is 2.65 bits per heavy atom. The average molecular weight is 532 g/mol. The van der Waals surface area contributed by atoms with Gasteiger partial charge in [0, 0.05) is 23.9 Å². The first-order valence-electron chi connectivity index (χ1n) is 12.0. The van der Waals surface area contributed by atoms with Crippen molar-refractivity contribution in [2.24, 2.45) is 0 Å². The molecule has 2 N–H and O–H groups in total. The largest absolute Gasteiger partial charge is 0.456 e. The number of imidazole rings is 1. The summed E-state index contributed by atoms with van der Waals surface area (Å²) in [5.74, 6) is -1.27. The fraction of sp³-hybridized carbons (Fsp3) is 0.400. The van der Waals surface area contributed by atoms with Crippen molar-refractivity contribution in [1.82, 2.24) is 24.7 Å². The van der Waals surface area contributed by atoms with E-state index in [2.05, 4.69) is 20.1 Å². The third kappa shape index (κ3) is 4.56. The smallest absolute Gasteiger partial charge is 0.296 e. The lowest BCUT2D eigenvalue weighted by Crippen LogP contribution is -2.34. The Kier molecular flexibility index (Phi) is 6.31. The van der Waals surface area contributed by atoms with E-state index >= 15 is 0 Å². The first-order chi connectivity index (χ1) is 17.9. The van der Waals surface area contributed by atoms with Crippen molar-refractivity contribution in [1.29, 1.82) is 0 Å². The minimum atomic E-state index is -0.678. The number of aromatic amines is 1. The Labute approximate surface area is 215 Å². The molecule has 0 unspecified atom stereocenters. The number of aliphatic hydroxyl groups is 1. The van der Waals surface area contributed by atoms with Crippen molar-refractivity contribution < 1.29 is 28.1 Å². The first-order valence-corrected chi connectivity index (χ1v) is 12.4. The third-order valence-electron chi connectivity index (χ3n) is 6.77. The van der Waals surface area contributed by atoms with Gasteiger partial charge in [0.25, 0.3) is 6.01 Å². The van der Waals surface area contributed by atoms with Crippen LogP contribution in [0.1, 0.15) is 18.2 Å². The van der Waals surface area contributed by atoms with Crippen molar-refractivity contribution in [2.45, 2.75) is 50.7 Å². The number of nitrogens with zero attached hydrogens (tertiary/aromatic N) is 4. The molecule has 4 atom stereocenters. The molecule has 0 radical (unpaired) electrons. The number of rotatable bonds is 7. The van der Waals surface area contributed by atoms with Crippen molar-refractivity contribution in [3.05, 3.63) is 58.5 Å². The van der Waals surface area contributed by atoms with Gasteiger partial charge in [-0.2, -0.15) is 10.1 Å². The maximum atomic E-state index is 14.9. The van der Waals surface area contributed by atoms with Crippen molar-refractivity contribution in [3.63, 3.8) is 0 Å². The Morgan fingerprint density at radius 1 is 1.11 bits per heavy atom. The van der Waals surface area contributed by atoms with E-state index in [1.807, 2.05) is 6.92 Å². The van der Waals surface area contributed by atoms with Gasteiger partial charge < -0.3 is 24.3 Å². The molecule has 9 nitrogen and oxygen atoms in total. The van der Waals surface area contributed by atoms with Gasteiger partial charge in [0.15, 0.2) is 11.8 Å². The number of halogens is 3. The number of aliphatic hydroxyl groups excluding tert-OH is 1. The minimum Gasteiger partial charge on any atom is -0.456 e. The van der Waals surface area contributed by atoms with Crippen molar-refractivity contribution in [2.75, 3.05) is 13.2 Å². The molecule has 194 valence electrons. The molecule has 12 heteroatoms. The van der Waals surface area contributed by atoms with Gasteiger partial charge in [0.1, 0.15) is 29.9 Å². The lowest BCUT2D eigenvalue weighted by Gasteiger charge is -2.15. The number of aryl methyl sites for hydroxylation is 2. The quantitative estimate of drug-likeness (QED) is 0.376. The molecule has 0 bridgehead atoms. The van der Waals surface area contributed by atoms with Gasteiger partial charge in [0.05, 0.1) is 35.6 Å². The second-order valence-electron chi connectivity index (χ2n) is 9.15. The number of ether oxygens (including phenoxy) is 3. The lowest BCUT2D eigenvalue weighted by molar-refractivity contribution is 0.00706. The van der Waals surface area contributed by atoms with Crippen LogP contribution < -0.4 is 4.74 Å². The Bertz CT molecular complexity index is 1440. The molecule has 0 amide bonds. The van der Waals surface area contributed by atoms with Gasteiger partial charge in [-0.3, -0.25) is 4.68 Å². The summed E-state index contributed by atoms with van der Waals surface area (Å²) in [5.41, 5.74) is 2.42. The topological polar surface area (TPSA) is 107 Å². The Hall–Kier alpha value is -3.12. The summed E-state index contributed by atoms with van der Waals surface area (Å²) in [6, 6.07) is 4.50. The molecule has 2 aliphatic rings. The number of hydrogen-bond acceptors (Lipinski definition) is 7. The van der Waals surface area contributed by atoms with Crippen LogP contribution in [0.25, 0.3) is 22.3 Å². The highest BCUT2D eigenvalue weighted by molar-refractivity contribution is 6.31. The molecule has 37 heavy (non-hydrogen) atoms. The van der Waals surface area contributed by atoms with E-state index in [4.69, 9.17) is 25.8 Å². The molecule has 5 heterocycles. The maximum absolute atomic E-state index is 14.9. The Balaban J connectivity index is 1.17. The summed E-state index contributed by atoms with van der Waals surface area (Å²) in [6.07, 6.45) is 1.71. The van der Waals surface area contributed by atoms with Gasteiger partial charge in [-0.25, -0.2) is 13.8 Å². The van der Waals surface area contributed by atoms with Crippen LogP contribution in [-0.2, 0) is 28.9 Å². The fourth-order valence-corrected chi connectivity index (χ4v) is 5.04. The van der Waals surface area contributed by atoms with Crippen LogP contribution in [0, 0.1) is 11.6 Å². The number of aromatic nitrogens is 5. The predicted molar refractivity (Wildman–Crippen MR) is 129 cm³/mol. The molecule has 0 saturated carbocycles. The number of hydrogen-bond donors (Lipinski definition) is 2. The highest BCUT2D eigenvalue weighted by Crippen LogP contribution is 2.31. The Morgan fingerprint density at radius 2 is 1.89 bits per heavy atom. The number of H-pyrrole nitrogens is 1. The summed E-state index contributed by atoms with van der Waals surface area (Å²) in [4.78, 5) is 11.9. The molecule has 6 rings (SSSR count). The maximum Gasteiger partial charge on any atom is 0.296 e. The van der Waals surface area contributed by atoms with Gasteiger partial charge >= 0.3 is 0 Å². The molecular formula is C25H24ClF2N5O4. The van der Waals surface area contributed by atoms with E-state index in [0.29, 0.717) is 39.6 Å². The monoisotopic (exact) mass is 531 g/mol. The van der Waals surface area contributed by atoms with Crippen LogP contribution in [0.5, 0.6) is 6.01 Å². The van der Waals surface area contributed by atoms with Crippen LogP contribution in [0.3, 0.4) is 0 Å². The molecule has 1 aromatic carbocycles. The highest BCUT2D eigenvalue weighted by atomic mass is 35.5. The van der Waals surface area contributed by atoms with E-state index in [0.717, 1.165) is 0 Å². The first kappa shape index (κ1) is 24.2. The third-order valence-corrected chi connectivity index (χ3v) is 7.09. The molecule has 2 fully saturated rings. The molecular weight excluding hydrogens is 508 g/mol. The van der Waals surface area contributed by atoms with Gasteiger partial charge in [-0.05, 0) is 43.5 Å². The molecule has 2 aliphatic heterocycles. The zero-order valence-corrected chi connectivity index (χ0v) is 20.6. The van der Waals surface area contributed by atoms with E-state index in [1.165, 1.54) is 12.1 Å². The van der Waals surface area contributed by atoms with Crippen LogP contribution >= 0.6 is 11.6 Å². The molecule has 0 aliphatic carbocycles. The average Bonchev–Trinajstić information content (AvgIpc) is 3.65. The summed E-state index contributed by atoms with van der Waals surface area (Å²) < 4.78 is 48.5. The van der Waals surface area contributed by atoms with Crippen LogP contribution in [0.15, 0.2) is 30.6 Å². The normalized spacial score (nSPS) is 23.2. The fourth-order valence-electron chi connectivity index (χ4n) is 4.79. The van der Waals surface area contributed by atoms with E-state index in [1.54, 1.807) is 23.1 Å². The standard InChI is InChI=1S/C25H24ClF2N5O4/c1-2-33-9-13(8-29-33)12-5-16(27)14(17(28)6-12)3-4-18-15(26)7-19-24(30-18)32-25(31-19)37-21-11-36-22-20(34)10-35-23(21)22/h5-9,20-23,34H,2-4,10-11H2,1H3,(H,30,31,32)/t20-,21-,22-,23-/m1/s1. The van der Waals surface area contributed by atoms with Gasteiger partial charge in [0.2, 0.25) is 0 Å². The van der Waals surface area contributed by atoms with Crippen LogP contribution in [0.4, 0.5) is 8.78 Å². The summed E-state index contributed by atoms with van der Waals surface area (Å²) in [7, 11) is 0. The minimum absolute atomic E-state index is 0.0369. The lowest BCUT2D eigenvalue weighted by atomic mass is 10.0. The predicted octanol–water partition coefficient (Wildman–Crippen LogP) is 3.46. The van der Waals surface area contributed by atoms with E-state index in [-0.39, 0.29) is 43.7 Å². The molecule has 3 aromatic heterocycles. The SMILES string of the molecule is CCn1cc(-c2cc(F)c(CCc3nc4nc(O[C@@H]5CO[C@H]6[C@@H]5OC[C@H]6O)[nH]c4cc3Cl)c(F)c2)cn1. The zero-order valence-electron chi connectivity index (χ0n) is 19.8. The second kappa shape index (κ2) is 9.64. The van der Waals surface area contributed by atoms with Gasteiger partial charge in [-0.15, -0.1) is 0 Å². The zero-order chi connectivity index (χ0) is 25.7. The van der Waals surface area contributed by atoms with Crippen molar-refractivity contribution in [3.8, 4) is 17.1 Å². The van der Waals surface area contributed by atoms with E-state index < -0.39 is 29.9 Å².